The van der Waals surface area contributed by atoms with E-state index in [0.29, 0.717) is 52.6 Å². The smallest absolute Gasteiger partial charge is 0.423 e. The highest BCUT2D eigenvalue weighted by Gasteiger charge is 2.23. The molecule has 0 bridgehead atoms. The normalized spacial score (nSPS) is 10.7. The number of nitrogen functional groups attached to an aromatic ring is 2. The molecule has 0 aliphatic heterocycles. The number of aldehydes is 2. The molecule has 0 radical (unpaired) electrons. The van der Waals surface area contributed by atoms with Crippen molar-refractivity contribution in [3.05, 3.63) is 426 Å². The van der Waals surface area contributed by atoms with Crippen LogP contribution < -0.4 is 27.5 Å². The minimum Gasteiger partial charge on any atom is -0.423 e. The van der Waals surface area contributed by atoms with Gasteiger partial charge in [0.2, 0.25) is 0 Å². The Morgan fingerprint density at radius 3 is 1.18 bits per heavy atom. The van der Waals surface area contributed by atoms with Gasteiger partial charge in [0.15, 0.2) is 23.2 Å². The number of hydrogen-bond acceptors (Lipinski definition) is 10. The van der Waals surface area contributed by atoms with Crippen LogP contribution in [0.25, 0.3) is 121 Å². The van der Waals surface area contributed by atoms with Crippen molar-refractivity contribution in [3.8, 4) is 33.6 Å². The number of anilines is 2. The summed E-state index contributed by atoms with van der Waals surface area (Å²) in [5.41, 5.74) is 28.5. The number of carbonyl (C=O) groups excluding carboxylic acids is 2. The van der Waals surface area contributed by atoms with Crippen molar-refractivity contribution in [2.45, 2.75) is 0 Å². The van der Waals surface area contributed by atoms with E-state index in [1.807, 2.05) is 218 Å². The van der Waals surface area contributed by atoms with Gasteiger partial charge in [0, 0.05) is 99.5 Å². The number of nitrogens with zero attached hydrogens (tertiary/aromatic N) is 5. The molecule has 125 heavy (non-hydrogen) atoms. The lowest BCUT2D eigenvalue weighted by atomic mass is 9.80. The van der Waals surface area contributed by atoms with E-state index in [-0.39, 0.29) is 5.46 Å². The van der Waals surface area contributed by atoms with Gasteiger partial charge < -0.3 is 26.5 Å². The van der Waals surface area contributed by atoms with Crippen molar-refractivity contribution < 1.29 is 24.2 Å². The number of H-pyrrole nitrogens is 1. The second kappa shape index (κ2) is 42.0. The third-order valence-electron chi connectivity index (χ3n) is 19.8. The van der Waals surface area contributed by atoms with Crippen LogP contribution in [0, 0.1) is 0 Å². The molecule has 21 aromatic rings. The summed E-state index contributed by atoms with van der Waals surface area (Å²) in [5.74, 6) is 0.817. The Labute approximate surface area is 768 Å². The SMILES string of the molecule is Clc1ccc(Cl)c(-c2ccccc2-c2nc3ccccc3[nH]2)c1.Clc1ccc2c(c1)c1ccccc1c1nc3ccccc3n21.Clc1ccc2c(c1)c1ccccc1c1nc3ccccc3n21.Nc1ccccc1N.O=Cc1ccccc1-c1cc(Cl)ccc1Cl.O=Cc1ccccc1Br.O=[P+](c1ccccc1)c1ccccc1.OB(O)c1cc(Cl)ccc1Cl. The molecule has 0 saturated carbocycles. The number of nitrogens with one attached hydrogen (secondary N) is 1. The van der Waals surface area contributed by atoms with Gasteiger partial charge in [-0.1, -0.05) is 313 Å². The summed E-state index contributed by atoms with van der Waals surface area (Å²) in [4.78, 5) is 38.9. The van der Waals surface area contributed by atoms with Gasteiger partial charge in [0.25, 0.3) is 0 Å². The van der Waals surface area contributed by atoms with Crippen molar-refractivity contribution in [2.24, 2.45) is 0 Å². The van der Waals surface area contributed by atoms with E-state index in [2.05, 4.69) is 120 Å². The number of imidazole rings is 3. The van der Waals surface area contributed by atoms with E-state index < -0.39 is 14.9 Å². The van der Waals surface area contributed by atoms with E-state index >= 15 is 0 Å². The topological polar surface area (TPSA) is 207 Å². The largest absolute Gasteiger partial charge is 0.490 e. The first-order valence-corrected chi connectivity index (χ1v) is 43.7. The molecule has 24 heteroatoms. The fourth-order valence-electron chi connectivity index (χ4n) is 13.9. The average molecular weight is 1880 g/mol. The van der Waals surface area contributed by atoms with Crippen LogP contribution in [-0.4, -0.2) is 58.5 Å². The quantitative estimate of drug-likeness (QED) is 0.0320. The van der Waals surface area contributed by atoms with Crippen LogP contribution in [-0.2, 0) is 4.57 Å². The molecule has 0 spiro atoms. The maximum absolute atomic E-state index is 12.0. The first kappa shape index (κ1) is 89.0. The molecule has 13 nitrogen and oxygen atoms in total. The van der Waals surface area contributed by atoms with Gasteiger partial charge in [0.1, 0.15) is 17.1 Å². The van der Waals surface area contributed by atoms with Crippen molar-refractivity contribution in [1.82, 2.24) is 28.7 Å². The van der Waals surface area contributed by atoms with Crippen molar-refractivity contribution >= 4 is 251 Å². The van der Waals surface area contributed by atoms with Crippen LogP contribution >= 0.6 is 117 Å². The summed E-state index contributed by atoms with van der Waals surface area (Å²) in [6.07, 6.45) is 1.64. The van der Waals surface area contributed by atoms with Crippen molar-refractivity contribution in [3.63, 3.8) is 0 Å². The number of rotatable bonds is 8. The Hall–Kier alpha value is -12.2. The maximum Gasteiger partial charge on any atom is 0.490 e. The Morgan fingerprint density at radius 1 is 0.336 bits per heavy atom. The number of carbonyl (C=O) groups is 2. The van der Waals surface area contributed by atoms with Gasteiger partial charge in [-0.25, -0.2) is 15.0 Å². The van der Waals surface area contributed by atoms with E-state index in [4.69, 9.17) is 124 Å². The van der Waals surface area contributed by atoms with Crippen LogP contribution in [0.3, 0.4) is 0 Å². The summed E-state index contributed by atoms with van der Waals surface area (Å²) >= 11 is 51.4. The lowest BCUT2D eigenvalue weighted by molar-refractivity contribution is 0.111. The third-order valence-corrected chi connectivity index (χ3v) is 24.2. The van der Waals surface area contributed by atoms with E-state index in [9.17, 15) is 14.2 Å². The van der Waals surface area contributed by atoms with E-state index in [0.717, 1.165) is 148 Å². The lowest BCUT2D eigenvalue weighted by Crippen LogP contribution is -2.30. The fraction of sp³-hybridized carbons (Fsp3) is 0. The third kappa shape index (κ3) is 21.2. The molecule has 5 aromatic heterocycles. The van der Waals surface area contributed by atoms with Gasteiger partial charge >= 0.3 is 14.9 Å². The minimum atomic E-state index is -1.57. The zero-order chi connectivity index (χ0) is 87.6. The molecule has 0 aliphatic rings. The number of halogens is 9. The molecule has 0 aliphatic carbocycles. The highest BCUT2D eigenvalue weighted by molar-refractivity contribution is 9.10. The molecule has 0 fully saturated rings. The zero-order valence-corrected chi connectivity index (χ0v) is 74.3. The summed E-state index contributed by atoms with van der Waals surface area (Å²) in [7, 11) is -2.99. The standard InChI is InChI=1S/C19H12Cl2N2.2C19H11ClN2.C13H8Cl2O.C12H10OP.C7H5BrO.C6H5BCl2O2.C6H8N2/c20-12-9-10-16(21)15(11-12)13-5-1-2-6-14(13)19-22-17-7-3-4-8-18(17)23-19;2*20-12-9-10-17-15(11-12)13-5-1-2-6-14(13)19-21-16-7-3-4-8-18(16)22(17)19;14-10-5-6-13(15)12(7-10)11-4-2-1-3-9(11)8-16;13-14(11-7-3-1-4-8-11)12-9-5-2-6-10-12;8-7-4-2-1-3-6(7)5-9;8-4-1-2-6(9)5(3-4)7(10)11;7-5-3-1-2-4-6(5)8/h1-11H,(H,22,23);2*1-11H;1-8H;1-10H;1-5H;1-3,10-11H;1-4H,7-8H2/q;;;;+1;;;. The molecule has 21 rings (SSSR count). The predicted molar refractivity (Wildman–Crippen MR) is 531 cm³/mol. The number of pyridine rings is 2. The molecular formula is C101H70BBrCl8N8O5P+. The number of aromatic nitrogens is 6. The molecule has 7 N–H and O–H groups in total. The number of nitrogens with two attached hydrogens (primary N) is 2. The minimum absolute atomic E-state index is 0.221. The van der Waals surface area contributed by atoms with Gasteiger partial charge in [-0.2, -0.15) is 0 Å². The number of para-hydroxylation sites is 8. The fourth-order valence-corrected chi connectivity index (χ4v) is 17.0. The molecule has 0 atom stereocenters. The van der Waals surface area contributed by atoms with Crippen LogP contribution in [0.5, 0.6) is 0 Å². The van der Waals surface area contributed by atoms with E-state index in [1.54, 1.807) is 54.6 Å². The summed E-state index contributed by atoms with van der Waals surface area (Å²) < 4.78 is 17.3. The molecule has 0 unspecified atom stereocenters. The number of hydrogen-bond donors (Lipinski definition) is 5. The number of benzene rings is 16. The number of aromatic amines is 1. The number of fused-ring (bicyclic) bond motifs is 17. The van der Waals surface area contributed by atoms with Crippen molar-refractivity contribution in [1.29, 1.82) is 0 Å². The summed E-state index contributed by atoms with van der Waals surface area (Å²) in [6.45, 7) is 0. The predicted octanol–water partition coefficient (Wildman–Crippen LogP) is 27.8. The monoisotopic (exact) mass is 1880 g/mol. The van der Waals surface area contributed by atoms with Crippen LogP contribution in [0.4, 0.5) is 11.4 Å². The highest BCUT2D eigenvalue weighted by atomic mass is 79.9. The molecular weight excluding hydrogens is 1810 g/mol. The van der Waals surface area contributed by atoms with Gasteiger partial charge in [-0.05, 0) is 192 Å². The Kier molecular flexibility index (Phi) is 29.9. The lowest BCUT2D eigenvalue weighted by Gasteiger charge is -2.10. The molecule has 614 valence electrons. The summed E-state index contributed by atoms with van der Waals surface area (Å²) in [6, 6.07) is 117. The molecule has 0 saturated heterocycles. The van der Waals surface area contributed by atoms with Gasteiger partial charge in [0.05, 0.1) is 55.5 Å². The van der Waals surface area contributed by atoms with Crippen LogP contribution in [0.15, 0.2) is 375 Å². The molecule has 16 aromatic carbocycles. The Morgan fingerprint density at radius 2 is 0.712 bits per heavy atom. The highest BCUT2D eigenvalue weighted by Crippen LogP contribution is 2.40. The van der Waals surface area contributed by atoms with E-state index in [1.165, 1.54) is 22.9 Å². The summed E-state index contributed by atoms with van der Waals surface area (Å²) in [5, 5.41) is 30.9. The maximum atomic E-state index is 12.0. The Balaban J connectivity index is 0.000000119. The Bertz CT molecular complexity index is 7210. The second-order valence-electron chi connectivity index (χ2n) is 27.8. The molecule has 0 amide bonds. The first-order valence-electron chi connectivity index (χ1n) is 38.7. The zero-order valence-electron chi connectivity index (χ0n) is 65.8. The van der Waals surface area contributed by atoms with Crippen LogP contribution in [0.1, 0.15) is 20.7 Å². The van der Waals surface area contributed by atoms with Crippen molar-refractivity contribution in [2.75, 3.05) is 11.5 Å². The van der Waals surface area contributed by atoms with Gasteiger partial charge in [-0.3, -0.25) is 18.4 Å². The van der Waals surface area contributed by atoms with Gasteiger partial charge in [-0.15, -0.1) is 0 Å². The first-order chi connectivity index (χ1) is 60.7. The van der Waals surface area contributed by atoms with Crippen LogP contribution in [0.2, 0.25) is 40.2 Å². The molecule has 5 heterocycles. The second-order valence-corrected chi connectivity index (χ2v) is 33.7. The average Bonchev–Trinajstić information content (AvgIpc) is 1.58.